The van der Waals surface area contributed by atoms with Crippen LogP contribution in [0.15, 0.2) is 34.9 Å². The highest BCUT2D eigenvalue weighted by Crippen LogP contribution is 2.41. The summed E-state index contributed by atoms with van der Waals surface area (Å²) < 4.78 is 0. The molecule has 1 aliphatic carbocycles. The molecule has 0 nitrogen and oxygen atoms in total. The third-order valence-electron chi connectivity index (χ3n) is 4.70. The van der Waals surface area contributed by atoms with Crippen molar-refractivity contribution < 1.29 is 0 Å². The van der Waals surface area contributed by atoms with Crippen LogP contribution in [0.25, 0.3) is 0 Å². The van der Waals surface area contributed by atoms with Crippen molar-refractivity contribution in [3.63, 3.8) is 0 Å². The summed E-state index contributed by atoms with van der Waals surface area (Å²) in [7, 11) is 0. The van der Waals surface area contributed by atoms with Crippen molar-refractivity contribution >= 4 is 0 Å². The third-order valence-corrected chi connectivity index (χ3v) is 4.70. The Kier molecular flexibility index (Phi) is 5.44. The first-order chi connectivity index (χ1) is 8.42. The lowest BCUT2D eigenvalue weighted by atomic mass is 9.76. The van der Waals surface area contributed by atoms with Gasteiger partial charge in [-0.15, -0.1) is 0 Å². The van der Waals surface area contributed by atoms with Gasteiger partial charge in [-0.25, -0.2) is 0 Å². The number of allylic oxidation sites excluding steroid dienone is 6. The zero-order valence-corrected chi connectivity index (χ0v) is 13.1. The van der Waals surface area contributed by atoms with Gasteiger partial charge in [-0.2, -0.15) is 0 Å². The maximum Gasteiger partial charge on any atom is -0.0145 e. The van der Waals surface area contributed by atoms with E-state index >= 15 is 0 Å². The topological polar surface area (TPSA) is 0 Å². The van der Waals surface area contributed by atoms with E-state index in [1.54, 1.807) is 16.7 Å². The van der Waals surface area contributed by atoms with Gasteiger partial charge in [-0.05, 0) is 50.9 Å². The second-order valence-electron chi connectivity index (χ2n) is 6.35. The first-order valence-electron chi connectivity index (χ1n) is 7.43. The number of hydrogen-bond donors (Lipinski definition) is 0. The van der Waals surface area contributed by atoms with Gasteiger partial charge in [0, 0.05) is 0 Å². The van der Waals surface area contributed by atoms with Gasteiger partial charge in [0.1, 0.15) is 0 Å². The molecule has 0 aliphatic heterocycles. The van der Waals surface area contributed by atoms with Gasteiger partial charge in [0.05, 0.1) is 0 Å². The van der Waals surface area contributed by atoms with E-state index in [9.17, 15) is 0 Å². The first kappa shape index (κ1) is 15.3. The fourth-order valence-corrected chi connectivity index (χ4v) is 2.90. The quantitative estimate of drug-likeness (QED) is 0.531. The molecule has 0 N–H and O–H groups in total. The zero-order chi connectivity index (χ0) is 13.8. The third kappa shape index (κ3) is 3.60. The fraction of sp³-hybridized carbons (Fsp3) is 0.667. The summed E-state index contributed by atoms with van der Waals surface area (Å²) in [6.07, 6.45) is 11.6. The molecular weight excluding hydrogens is 216 g/mol. The Balaban J connectivity index is 2.99. The summed E-state index contributed by atoms with van der Waals surface area (Å²) >= 11 is 0. The molecule has 0 spiro atoms. The zero-order valence-electron chi connectivity index (χ0n) is 13.1. The second kappa shape index (κ2) is 6.41. The Bertz CT molecular complexity index is 363. The van der Waals surface area contributed by atoms with E-state index in [0.717, 1.165) is 0 Å². The summed E-state index contributed by atoms with van der Waals surface area (Å²) in [6, 6.07) is 0. The van der Waals surface area contributed by atoms with Crippen LogP contribution >= 0.6 is 0 Å². The molecule has 0 aromatic heterocycles. The molecule has 1 rings (SSSR count). The van der Waals surface area contributed by atoms with Gasteiger partial charge >= 0.3 is 0 Å². The van der Waals surface area contributed by atoms with Crippen LogP contribution in [0.5, 0.6) is 0 Å². The van der Waals surface area contributed by atoms with E-state index in [1.165, 1.54) is 25.7 Å². The molecule has 1 aliphatic rings. The molecule has 18 heavy (non-hydrogen) atoms. The Morgan fingerprint density at radius 3 is 2.50 bits per heavy atom. The van der Waals surface area contributed by atoms with Crippen molar-refractivity contribution in [2.45, 2.75) is 67.2 Å². The number of rotatable bonds is 3. The average Bonchev–Trinajstić information content (AvgIpc) is 2.48. The molecule has 0 bridgehead atoms. The van der Waals surface area contributed by atoms with Gasteiger partial charge in [0.15, 0.2) is 0 Å². The summed E-state index contributed by atoms with van der Waals surface area (Å²) in [4.78, 5) is 0. The molecule has 0 saturated carbocycles. The summed E-state index contributed by atoms with van der Waals surface area (Å²) in [5, 5.41) is 0. The normalized spacial score (nSPS) is 25.0. The second-order valence-corrected chi connectivity index (χ2v) is 6.35. The van der Waals surface area contributed by atoms with Gasteiger partial charge in [-0.3, -0.25) is 0 Å². The Hall–Kier alpha value is -0.780. The van der Waals surface area contributed by atoms with Crippen molar-refractivity contribution in [3.05, 3.63) is 34.9 Å². The molecule has 1 atom stereocenters. The van der Waals surface area contributed by atoms with E-state index in [0.29, 0.717) is 11.3 Å². The lowest BCUT2D eigenvalue weighted by molar-refractivity contribution is 0.407. The average molecular weight is 246 g/mol. The van der Waals surface area contributed by atoms with Crippen LogP contribution in [0.1, 0.15) is 67.2 Å². The van der Waals surface area contributed by atoms with E-state index < -0.39 is 0 Å². The van der Waals surface area contributed by atoms with Crippen LogP contribution in [0.4, 0.5) is 0 Å². The summed E-state index contributed by atoms with van der Waals surface area (Å²) in [5.74, 6) is 0.699. The molecule has 0 heterocycles. The Labute approximate surface area is 114 Å². The lowest BCUT2D eigenvalue weighted by Crippen LogP contribution is -2.16. The van der Waals surface area contributed by atoms with Crippen LogP contribution in [0.2, 0.25) is 0 Å². The molecule has 0 fully saturated rings. The molecule has 0 aromatic rings. The van der Waals surface area contributed by atoms with E-state index in [4.69, 9.17) is 0 Å². The Morgan fingerprint density at radius 2 is 1.94 bits per heavy atom. The standard InChI is InChI=1S/C18H30/c1-7-9-10-16-11-12-17(18(5,6)8-2)15(4)14(3)13-16/h7,9-10,14H,8,11-13H2,1-6H3/b9-7-,16-10-. The molecular formula is C18H30. The maximum absolute atomic E-state index is 2.40. The maximum atomic E-state index is 2.40. The van der Waals surface area contributed by atoms with Crippen LogP contribution in [0.3, 0.4) is 0 Å². The first-order valence-corrected chi connectivity index (χ1v) is 7.43. The minimum absolute atomic E-state index is 0.369. The molecule has 0 heteroatoms. The smallest absolute Gasteiger partial charge is 0.0145 e. The minimum atomic E-state index is 0.369. The highest BCUT2D eigenvalue weighted by atomic mass is 14.3. The SMILES string of the molecule is C/C=C\C=C1\CCC(C(C)(C)CC)=C(C)C(C)C1. The van der Waals surface area contributed by atoms with Crippen molar-refractivity contribution in [3.8, 4) is 0 Å². The molecule has 0 saturated heterocycles. The predicted octanol–water partition coefficient (Wildman–Crippen LogP) is 6.06. The van der Waals surface area contributed by atoms with Crippen LogP contribution in [-0.4, -0.2) is 0 Å². The molecule has 0 aromatic carbocycles. The minimum Gasteiger partial charge on any atom is -0.0877 e. The molecule has 0 radical (unpaired) electrons. The van der Waals surface area contributed by atoms with Gasteiger partial charge in [-0.1, -0.05) is 62.6 Å². The van der Waals surface area contributed by atoms with Gasteiger partial charge in [0.2, 0.25) is 0 Å². The van der Waals surface area contributed by atoms with E-state index in [-0.39, 0.29) is 0 Å². The van der Waals surface area contributed by atoms with Crippen LogP contribution < -0.4 is 0 Å². The highest BCUT2D eigenvalue weighted by molar-refractivity contribution is 5.28. The molecule has 0 amide bonds. The van der Waals surface area contributed by atoms with Crippen molar-refractivity contribution in [2.75, 3.05) is 0 Å². The van der Waals surface area contributed by atoms with Crippen molar-refractivity contribution in [2.24, 2.45) is 11.3 Å². The Morgan fingerprint density at radius 1 is 1.28 bits per heavy atom. The monoisotopic (exact) mass is 246 g/mol. The van der Waals surface area contributed by atoms with Crippen LogP contribution in [0, 0.1) is 11.3 Å². The van der Waals surface area contributed by atoms with Crippen molar-refractivity contribution in [1.82, 2.24) is 0 Å². The van der Waals surface area contributed by atoms with Crippen molar-refractivity contribution in [1.29, 1.82) is 0 Å². The lowest BCUT2D eigenvalue weighted by Gasteiger charge is -2.29. The predicted molar refractivity (Wildman–Crippen MR) is 82.7 cm³/mol. The molecule has 102 valence electrons. The van der Waals surface area contributed by atoms with Crippen LogP contribution in [-0.2, 0) is 0 Å². The highest BCUT2D eigenvalue weighted by Gasteiger charge is 2.27. The van der Waals surface area contributed by atoms with Gasteiger partial charge < -0.3 is 0 Å². The fourth-order valence-electron chi connectivity index (χ4n) is 2.90. The van der Waals surface area contributed by atoms with E-state index in [1.807, 2.05) is 0 Å². The number of hydrogen-bond acceptors (Lipinski definition) is 0. The van der Waals surface area contributed by atoms with E-state index in [2.05, 4.69) is 59.8 Å². The molecule has 1 unspecified atom stereocenters. The summed E-state index contributed by atoms with van der Waals surface area (Å²) in [5.41, 5.74) is 5.34. The summed E-state index contributed by atoms with van der Waals surface area (Å²) in [6.45, 7) is 13.9. The largest absolute Gasteiger partial charge is 0.0877 e. The van der Waals surface area contributed by atoms with Gasteiger partial charge in [0.25, 0.3) is 0 Å².